The minimum atomic E-state index is -0.795. The van der Waals surface area contributed by atoms with Crippen LogP contribution >= 0.6 is 0 Å². The smallest absolute Gasteiger partial charge is 0.305 e. The maximum Gasteiger partial charge on any atom is 0.305 e. The topological polar surface area (TPSA) is 71.5 Å². The molecular weight excluding hydrogens is 463 g/mol. The van der Waals surface area contributed by atoms with Gasteiger partial charge in [0.2, 0.25) is 0 Å². The van der Waals surface area contributed by atoms with E-state index >= 15 is 0 Å². The number of anilines is 2. The van der Waals surface area contributed by atoms with E-state index in [0.29, 0.717) is 44.3 Å². The van der Waals surface area contributed by atoms with E-state index in [1.807, 2.05) is 36.1 Å². The molecule has 36 heavy (non-hydrogen) atoms. The molecular formula is C28H37FN2O5. The van der Waals surface area contributed by atoms with Crippen LogP contribution in [-0.2, 0) is 9.53 Å². The van der Waals surface area contributed by atoms with Crippen molar-refractivity contribution in [3.8, 4) is 11.5 Å². The number of piperidine rings is 1. The number of halogens is 1. The first-order valence-electron chi connectivity index (χ1n) is 13.0. The number of benzene rings is 2. The highest BCUT2D eigenvalue weighted by atomic mass is 19.1. The van der Waals surface area contributed by atoms with Crippen molar-refractivity contribution >= 4 is 17.3 Å². The zero-order chi connectivity index (χ0) is 25.5. The van der Waals surface area contributed by atoms with Crippen LogP contribution in [0.1, 0.15) is 46.0 Å². The molecule has 1 N–H and O–H groups in total. The number of hydrogen-bond acceptors (Lipinski definition) is 6. The second-order valence-electron chi connectivity index (χ2n) is 9.48. The van der Waals surface area contributed by atoms with Crippen LogP contribution in [0.4, 0.5) is 15.8 Å². The predicted molar refractivity (Wildman–Crippen MR) is 138 cm³/mol. The molecule has 2 aliphatic heterocycles. The lowest BCUT2D eigenvalue weighted by molar-refractivity contribution is -0.137. The third kappa shape index (κ3) is 6.60. The number of rotatable bonds is 11. The van der Waals surface area contributed by atoms with E-state index in [4.69, 9.17) is 14.2 Å². The van der Waals surface area contributed by atoms with Crippen molar-refractivity contribution in [1.29, 1.82) is 0 Å². The van der Waals surface area contributed by atoms with Gasteiger partial charge in [-0.05, 0) is 56.2 Å². The quantitative estimate of drug-likeness (QED) is 0.459. The van der Waals surface area contributed by atoms with Crippen molar-refractivity contribution in [2.75, 3.05) is 42.6 Å². The fourth-order valence-corrected chi connectivity index (χ4v) is 5.10. The third-order valence-electron chi connectivity index (χ3n) is 6.83. The lowest BCUT2D eigenvalue weighted by Gasteiger charge is -2.34. The first-order chi connectivity index (χ1) is 17.5. The Kier molecular flexibility index (Phi) is 8.91. The van der Waals surface area contributed by atoms with Crippen LogP contribution in [-0.4, -0.2) is 62.2 Å². The largest absolute Gasteiger partial charge is 0.494 e. The van der Waals surface area contributed by atoms with E-state index in [9.17, 15) is 14.3 Å². The lowest BCUT2D eigenvalue weighted by atomic mass is 10.1. The molecule has 0 amide bonds. The molecule has 7 nitrogen and oxygen atoms in total. The summed E-state index contributed by atoms with van der Waals surface area (Å²) in [5.41, 5.74) is 1.56. The van der Waals surface area contributed by atoms with Gasteiger partial charge in [-0.15, -0.1) is 0 Å². The standard InChI is InChI=1S/C28H37FN2O5/c1-3-15-35-25-16-21(17-28(32)33)31(19-25)20-5-7-22(8-6-20)36-23-11-13-30(14-12-23)27-18-24(34-4-2)9-10-26(27)29/h5-10,18,21,23,25H,3-4,11-17,19H2,1-2H3,(H,32,33)/t21-,25-/m1/s1. The van der Waals surface area contributed by atoms with Crippen LogP contribution in [0, 0.1) is 5.82 Å². The fraction of sp³-hybridized carbons (Fsp3) is 0.536. The fourth-order valence-electron chi connectivity index (χ4n) is 5.10. The van der Waals surface area contributed by atoms with Gasteiger partial charge in [0.25, 0.3) is 0 Å². The van der Waals surface area contributed by atoms with Crippen molar-refractivity contribution in [2.45, 2.75) is 64.2 Å². The minimum Gasteiger partial charge on any atom is -0.494 e. The van der Waals surface area contributed by atoms with E-state index in [1.165, 1.54) is 6.07 Å². The van der Waals surface area contributed by atoms with Gasteiger partial charge in [-0.3, -0.25) is 4.79 Å². The van der Waals surface area contributed by atoms with Gasteiger partial charge in [-0.1, -0.05) is 6.92 Å². The molecule has 2 saturated heterocycles. The Hall–Kier alpha value is -3.00. The molecule has 0 radical (unpaired) electrons. The van der Waals surface area contributed by atoms with Crippen molar-refractivity contribution in [2.24, 2.45) is 0 Å². The summed E-state index contributed by atoms with van der Waals surface area (Å²) < 4.78 is 32.1. The summed E-state index contributed by atoms with van der Waals surface area (Å²) in [5.74, 6) is 0.435. The van der Waals surface area contributed by atoms with Gasteiger partial charge in [0.15, 0.2) is 0 Å². The molecule has 2 aromatic carbocycles. The van der Waals surface area contributed by atoms with Crippen LogP contribution in [0.5, 0.6) is 11.5 Å². The maximum absolute atomic E-state index is 14.4. The molecule has 4 rings (SSSR count). The molecule has 2 atom stereocenters. The zero-order valence-corrected chi connectivity index (χ0v) is 21.2. The molecule has 0 spiro atoms. The molecule has 2 aliphatic rings. The van der Waals surface area contributed by atoms with Crippen LogP contribution in [0.25, 0.3) is 0 Å². The van der Waals surface area contributed by atoms with Crippen LogP contribution in [0.15, 0.2) is 42.5 Å². The number of nitrogens with zero attached hydrogens (tertiary/aromatic N) is 2. The Morgan fingerprint density at radius 1 is 1.06 bits per heavy atom. The van der Waals surface area contributed by atoms with Gasteiger partial charge in [-0.2, -0.15) is 0 Å². The monoisotopic (exact) mass is 500 g/mol. The normalized spacial score (nSPS) is 20.5. The van der Waals surface area contributed by atoms with Gasteiger partial charge < -0.3 is 29.1 Å². The van der Waals surface area contributed by atoms with Crippen molar-refractivity contribution in [3.63, 3.8) is 0 Å². The average molecular weight is 501 g/mol. The molecule has 0 unspecified atom stereocenters. The van der Waals surface area contributed by atoms with E-state index in [-0.39, 0.29) is 30.5 Å². The molecule has 0 aromatic heterocycles. The highest BCUT2D eigenvalue weighted by Crippen LogP contribution is 2.32. The first kappa shape index (κ1) is 26.1. The molecule has 2 heterocycles. The SMILES string of the molecule is CCCO[C@@H]1C[C@H](CC(=O)O)N(c2ccc(OC3CCN(c4cc(OCC)ccc4F)CC3)cc2)C1. The molecule has 2 fully saturated rings. The summed E-state index contributed by atoms with van der Waals surface area (Å²) in [6.45, 7) is 7.33. The molecule has 2 aromatic rings. The minimum absolute atomic E-state index is 0.0504. The molecule has 0 saturated carbocycles. The number of carboxylic acids is 1. The summed E-state index contributed by atoms with van der Waals surface area (Å²) in [6.07, 6.45) is 3.46. The van der Waals surface area contributed by atoms with Crippen molar-refractivity contribution in [1.82, 2.24) is 0 Å². The van der Waals surface area contributed by atoms with Crippen LogP contribution in [0.2, 0.25) is 0 Å². The van der Waals surface area contributed by atoms with Gasteiger partial charge in [0.05, 0.1) is 24.8 Å². The summed E-state index contributed by atoms with van der Waals surface area (Å²) >= 11 is 0. The second-order valence-corrected chi connectivity index (χ2v) is 9.48. The van der Waals surface area contributed by atoms with Crippen molar-refractivity contribution < 1.29 is 28.5 Å². The van der Waals surface area contributed by atoms with Gasteiger partial charge >= 0.3 is 5.97 Å². The Morgan fingerprint density at radius 3 is 2.44 bits per heavy atom. The lowest BCUT2D eigenvalue weighted by Crippen LogP contribution is -2.38. The Bertz CT molecular complexity index is 994. The zero-order valence-electron chi connectivity index (χ0n) is 21.2. The van der Waals surface area contributed by atoms with Gasteiger partial charge in [0.1, 0.15) is 23.4 Å². The number of carboxylic acid groups (broad SMARTS) is 1. The van der Waals surface area contributed by atoms with Crippen molar-refractivity contribution in [3.05, 3.63) is 48.3 Å². The summed E-state index contributed by atoms with van der Waals surface area (Å²) in [5, 5.41) is 9.35. The van der Waals surface area contributed by atoms with Gasteiger partial charge in [0, 0.05) is 56.9 Å². The highest BCUT2D eigenvalue weighted by molar-refractivity contribution is 5.69. The Balaban J connectivity index is 1.33. The van der Waals surface area contributed by atoms with Crippen LogP contribution in [0.3, 0.4) is 0 Å². The maximum atomic E-state index is 14.4. The van der Waals surface area contributed by atoms with E-state index in [0.717, 1.165) is 37.1 Å². The third-order valence-corrected chi connectivity index (χ3v) is 6.83. The van der Waals surface area contributed by atoms with E-state index in [2.05, 4.69) is 11.8 Å². The molecule has 196 valence electrons. The van der Waals surface area contributed by atoms with E-state index in [1.54, 1.807) is 12.1 Å². The predicted octanol–water partition coefficient (Wildman–Crippen LogP) is 5.12. The molecule has 0 aliphatic carbocycles. The van der Waals surface area contributed by atoms with Gasteiger partial charge in [-0.25, -0.2) is 4.39 Å². The Labute approximate surface area is 212 Å². The number of hydrogen-bond donors (Lipinski definition) is 1. The Morgan fingerprint density at radius 2 is 1.78 bits per heavy atom. The van der Waals surface area contributed by atoms with E-state index < -0.39 is 5.97 Å². The second kappa shape index (κ2) is 12.3. The average Bonchev–Trinajstić information content (AvgIpc) is 3.27. The number of aliphatic carboxylic acids is 1. The summed E-state index contributed by atoms with van der Waals surface area (Å²) in [6, 6.07) is 12.7. The number of carbonyl (C=O) groups is 1. The summed E-state index contributed by atoms with van der Waals surface area (Å²) in [7, 11) is 0. The summed E-state index contributed by atoms with van der Waals surface area (Å²) in [4.78, 5) is 15.6. The molecule has 0 bridgehead atoms. The number of ether oxygens (including phenoxy) is 3. The highest BCUT2D eigenvalue weighted by Gasteiger charge is 2.34. The van der Waals surface area contributed by atoms with Crippen LogP contribution < -0.4 is 19.3 Å². The molecule has 8 heteroatoms. The first-order valence-corrected chi connectivity index (χ1v) is 13.0.